The number of hydrogen-bond donors (Lipinski definition) is 3. The zero-order valence-corrected chi connectivity index (χ0v) is 20.8. The normalized spacial score (nSPS) is 30.7. The molecule has 5 rings (SSSR count). The zero-order valence-electron chi connectivity index (χ0n) is 20.8. The maximum atomic E-state index is 13.8. The van der Waals surface area contributed by atoms with Crippen molar-refractivity contribution in [1.82, 2.24) is 30.5 Å². The Bertz CT molecular complexity index is 1170. The molecule has 0 aliphatic carbocycles. The Kier molecular flexibility index (Phi) is 6.46. The molecule has 1 spiro atoms. The number of fused-ring (bicyclic) bond motifs is 2. The summed E-state index contributed by atoms with van der Waals surface area (Å²) in [4.78, 5) is 42.4. The highest BCUT2D eigenvalue weighted by Crippen LogP contribution is 2.64. The van der Waals surface area contributed by atoms with E-state index in [1.165, 1.54) is 4.90 Å². The van der Waals surface area contributed by atoms with Crippen LogP contribution < -0.4 is 10.6 Å². The monoisotopic (exact) mass is 498 g/mol. The lowest BCUT2D eigenvalue weighted by molar-refractivity contribution is -0.148. The molecule has 3 N–H and O–H groups in total. The van der Waals surface area contributed by atoms with Gasteiger partial charge in [0.05, 0.1) is 23.0 Å². The number of aliphatic hydroxyl groups excluding tert-OH is 1. The summed E-state index contributed by atoms with van der Waals surface area (Å²) in [6.45, 7) is 4.65. The molecule has 3 aliphatic rings. The first-order valence-corrected chi connectivity index (χ1v) is 12.9. The molecule has 2 bridgehead atoms. The second-order valence-corrected chi connectivity index (χ2v) is 10.0. The maximum Gasteiger partial charge on any atom is 0.247 e. The highest BCUT2D eigenvalue weighted by Gasteiger charge is 2.78. The summed E-state index contributed by atoms with van der Waals surface area (Å²) >= 11 is 0. The number of aromatic nitrogens is 3. The second kappa shape index (κ2) is 9.44. The fourth-order valence-corrected chi connectivity index (χ4v) is 6.54. The van der Waals surface area contributed by atoms with E-state index in [-0.39, 0.29) is 37.5 Å². The number of carbonyl (C=O) groups is 3. The summed E-state index contributed by atoms with van der Waals surface area (Å²) in [5.41, 5.74) is -0.341. The maximum absolute atomic E-state index is 13.8. The first-order chi connectivity index (χ1) is 17.4. The standard InChI is InChI=1S/C25H34N6O5/c1-3-12-26-21(33)18-19-23(35)30(13-7-14-32)20(25(19)11-10-24(18,4-2)36-25)22(34)27-15-31-17-9-6-5-8-16(17)28-29-31/h5-6,8-9,18-20,32H,3-4,7,10-15H2,1-2H3,(H,26,33)(H,27,34)/t18-,19+,20?,24+,25?/m1/s1. The molecule has 0 radical (unpaired) electrons. The topological polar surface area (TPSA) is 139 Å². The molecule has 1 aromatic heterocycles. The third kappa shape index (κ3) is 3.59. The molecule has 3 aliphatic heterocycles. The van der Waals surface area contributed by atoms with E-state index in [9.17, 15) is 19.5 Å². The number of benzene rings is 1. The lowest BCUT2D eigenvalue weighted by Gasteiger charge is -2.34. The lowest BCUT2D eigenvalue weighted by atomic mass is 9.65. The Labute approximate surface area is 209 Å². The predicted octanol–water partition coefficient (Wildman–Crippen LogP) is 0.568. The number of para-hydroxylation sites is 1. The van der Waals surface area contributed by atoms with Gasteiger partial charge >= 0.3 is 0 Å². The van der Waals surface area contributed by atoms with Gasteiger partial charge in [-0.05, 0) is 44.2 Å². The van der Waals surface area contributed by atoms with Crippen LogP contribution in [0.4, 0.5) is 0 Å². The average Bonchev–Trinajstić information content (AvgIpc) is 3.61. The summed E-state index contributed by atoms with van der Waals surface area (Å²) in [6.07, 6.45) is 2.83. The van der Waals surface area contributed by atoms with Crippen LogP contribution in [0.25, 0.3) is 11.0 Å². The highest BCUT2D eigenvalue weighted by molar-refractivity contribution is 5.99. The Balaban J connectivity index is 1.46. The Morgan fingerprint density at radius 1 is 1.19 bits per heavy atom. The van der Waals surface area contributed by atoms with E-state index in [4.69, 9.17) is 4.74 Å². The van der Waals surface area contributed by atoms with Crippen molar-refractivity contribution in [2.75, 3.05) is 19.7 Å². The summed E-state index contributed by atoms with van der Waals surface area (Å²) in [7, 11) is 0. The molecule has 3 fully saturated rings. The number of nitrogens with zero attached hydrogens (tertiary/aromatic N) is 4. The van der Waals surface area contributed by atoms with Gasteiger partial charge in [-0.25, -0.2) is 4.68 Å². The van der Waals surface area contributed by atoms with Crippen molar-refractivity contribution < 1.29 is 24.2 Å². The Morgan fingerprint density at radius 2 is 2.00 bits per heavy atom. The molecule has 36 heavy (non-hydrogen) atoms. The average molecular weight is 499 g/mol. The Hall–Kier alpha value is -3.05. The van der Waals surface area contributed by atoms with Crippen molar-refractivity contribution >= 4 is 28.8 Å². The SMILES string of the molecule is CCCNC(=O)[C@H]1[C@H]2C(=O)N(CCCO)C(C(=O)NCn3nnc4ccccc43)C23CC[C@]1(CC)O3. The first kappa shape index (κ1) is 24.6. The number of hydrogen-bond acceptors (Lipinski definition) is 7. The van der Waals surface area contributed by atoms with Crippen LogP contribution in [-0.4, -0.2) is 79.7 Å². The van der Waals surface area contributed by atoms with Crippen LogP contribution in [0.15, 0.2) is 24.3 Å². The molecule has 4 heterocycles. The largest absolute Gasteiger partial charge is 0.396 e. The minimum atomic E-state index is -1.08. The smallest absolute Gasteiger partial charge is 0.247 e. The van der Waals surface area contributed by atoms with Crippen molar-refractivity contribution in [3.8, 4) is 0 Å². The predicted molar refractivity (Wildman–Crippen MR) is 129 cm³/mol. The molecule has 2 aromatic rings. The van der Waals surface area contributed by atoms with Crippen molar-refractivity contribution in [2.45, 2.75) is 69.9 Å². The summed E-state index contributed by atoms with van der Waals surface area (Å²) in [5.74, 6) is -2.17. The van der Waals surface area contributed by atoms with Gasteiger partial charge in [-0.2, -0.15) is 0 Å². The van der Waals surface area contributed by atoms with Crippen LogP contribution in [-0.2, 0) is 25.8 Å². The van der Waals surface area contributed by atoms with Crippen LogP contribution in [0.2, 0.25) is 0 Å². The van der Waals surface area contributed by atoms with Gasteiger partial charge in [0.1, 0.15) is 23.8 Å². The van der Waals surface area contributed by atoms with Crippen molar-refractivity contribution in [2.24, 2.45) is 11.8 Å². The van der Waals surface area contributed by atoms with Crippen LogP contribution in [0.3, 0.4) is 0 Å². The quantitative estimate of drug-likeness (QED) is 0.435. The third-order valence-corrected chi connectivity index (χ3v) is 8.14. The minimum absolute atomic E-state index is 0.0813. The van der Waals surface area contributed by atoms with Crippen molar-refractivity contribution in [1.29, 1.82) is 0 Å². The van der Waals surface area contributed by atoms with E-state index in [2.05, 4.69) is 20.9 Å². The molecule has 194 valence electrons. The van der Waals surface area contributed by atoms with Gasteiger partial charge < -0.3 is 25.4 Å². The van der Waals surface area contributed by atoms with Crippen molar-refractivity contribution in [3.63, 3.8) is 0 Å². The number of amides is 3. The van der Waals surface area contributed by atoms with Gasteiger partial charge in [0, 0.05) is 19.7 Å². The number of nitrogens with one attached hydrogen (secondary N) is 2. The Morgan fingerprint density at radius 3 is 2.75 bits per heavy atom. The summed E-state index contributed by atoms with van der Waals surface area (Å²) in [6, 6.07) is 6.56. The molecule has 11 nitrogen and oxygen atoms in total. The van der Waals surface area contributed by atoms with Gasteiger partial charge in [0.25, 0.3) is 0 Å². The highest BCUT2D eigenvalue weighted by atomic mass is 16.5. The number of rotatable bonds is 10. The van der Waals surface area contributed by atoms with Gasteiger partial charge in [-0.1, -0.05) is 31.2 Å². The van der Waals surface area contributed by atoms with Gasteiger partial charge in [0.15, 0.2) is 0 Å². The second-order valence-electron chi connectivity index (χ2n) is 10.0. The number of carbonyl (C=O) groups excluding carboxylic acids is 3. The molecule has 1 aromatic carbocycles. The van der Waals surface area contributed by atoms with E-state index in [0.717, 1.165) is 17.5 Å². The van der Waals surface area contributed by atoms with Gasteiger partial charge in [-0.3, -0.25) is 14.4 Å². The van der Waals surface area contributed by atoms with E-state index in [1.807, 2.05) is 38.1 Å². The number of likely N-dealkylation sites (tertiary alicyclic amines) is 1. The van der Waals surface area contributed by atoms with Crippen molar-refractivity contribution in [3.05, 3.63) is 24.3 Å². The van der Waals surface area contributed by atoms with Gasteiger partial charge in [-0.15, -0.1) is 5.10 Å². The van der Waals surface area contributed by atoms with Crippen LogP contribution in [0.5, 0.6) is 0 Å². The fourth-order valence-electron chi connectivity index (χ4n) is 6.54. The molecule has 0 saturated carbocycles. The molecule has 2 unspecified atom stereocenters. The van der Waals surface area contributed by atoms with E-state index < -0.39 is 29.1 Å². The summed E-state index contributed by atoms with van der Waals surface area (Å²) < 4.78 is 8.27. The van der Waals surface area contributed by atoms with E-state index in [0.29, 0.717) is 32.2 Å². The number of ether oxygens (including phenoxy) is 1. The van der Waals surface area contributed by atoms with E-state index in [1.54, 1.807) is 4.68 Å². The molecule has 3 amide bonds. The van der Waals surface area contributed by atoms with Crippen LogP contribution in [0.1, 0.15) is 46.0 Å². The van der Waals surface area contributed by atoms with Crippen LogP contribution in [0, 0.1) is 11.8 Å². The fraction of sp³-hybridized carbons (Fsp3) is 0.640. The van der Waals surface area contributed by atoms with E-state index >= 15 is 0 Å². The molecule has 5 atom stereocenters. The molecular weight excluding hydrogens is 464 g/mol. The minimum Gasteiger partial charge on any atom is -0.396 e. The molecule has 11 heteroatoms. The zero-order chi connectivity index (χ0) is 25.5. The lowest BCUT2D eigenvalue weighted by Crippen LogP contribution is -2.55. The molecular formula is C25H34N6O5. The van der Waals surface area contributed by atoms with Crippen LogP contribution >= 0.6 is 0 Å². The van der Waals surface area contributed by atoms with Gasteiger partial charge in [0.2, 0.25) is 17.7 Å². The third-order valence-electron chi connectivity index (χ3n) is 8.14. The number of aliphatic hydroxyl groups is 1. The first-order valence-electron chi connectivity index (χ1n) is 12.9. The molecule has 3 saturated heterocycles. The summed E-state index contributed by atoms with van der Waals surface area (Å²) in [5, 5.41) is 23.6.